The summed E-state index contributed by atoms with van der Waals surface area (Å²) in [6.07, 6.45) is 5.53. The quantitative estimate of drug-likeness (QED) is 0.362. The molecule has 1 aliphatic rings. The molecular weight excluding hydrogens is 303 g/mol. The minimum atomic E-state index is 0.541. The maximum absolute atomic E-state index is 4.31. The van der Waals surface area contributed by atoms with Gasteiger partial charge in [0.25, 0.3) is 0 Å². The summed E-state index contributed by atoms with van der Waals surface area (Å²) in [4.78, 5) is 6.55. The van der Waals surface area contributed by atoms with Gasteiger partial charge in [-0.2, -0.15) is 0 Å². The Morgan fingerprint density at radius 3 is 2.89 bits per heavy atom. The molecule has 0 amide bonds. The van der Waals surface area contributed by atoms with Gasteiger partial charge in [-0.15, -0.1) is 0 Å². The van der Waals surface area contributed by atoms with Gasteiger partial charge in [0.2, 0.25) is 0 Å². The van der Waals surface area contributed by atoms with E-state index in [1.54, 1.807) is 6.20 Å². The van der Waals surface area contributed by atoms with Gasteiger partial charge in [-0.1, -0.05) is 0 Å². The van der Waals surface area contributed by atoms with Crippen LogP contribution in [0.25, 0.3) is 0 Å². The molecular formula is C14H19N4Se. The number of nitrogens with zero attached hydrogens (tertiary/aromatic N) is 4. The number of aromatic nitrogens is 1. The third-order valence-electron chi connectivity index (χ3n) is 3.37. The van der Waals surface area contributed by atoms with Gasteiger partial charge in [-0.05, 0) is 0 Å². The molecule has 2 rings (SSSR count). The molecule has 1 aliphatic heterocycles. The molecule has 2 heterocycles. The van der Waals surface area contributed by atoms with E-state index in [1.807, 2.05) is 25.1 Å². The van der Waals surface area contributed by atoms with E-state index < -0.39 is 0 Å². The van der Waals surface area contributed by atoms with E-state index >= 15 is 0 Å². The average molecular weight is 322 g/mol. The molecule has 1 aromatic rings. The molecule has 0 saturated carbocycles. The summed E-state index contributed by atoms with van der Waals surface area (Å²) in [5, 5.41) is 8.58. The Morgan fingerprint density at radius 2 is 2.21 bits per heavy atom. The number of hydrogen-bond acceptors (Lipinski definition) is 3. The van der Waals surface area contributed by atoms with Gasteiger partial charge in [-0.25, -0.2) is 0 Å². The van der Waals surface area contributed by atoms with Crippen LogP contribution in [0.15, 0.2) is 34.6 Å². The number of likely N-dealkylation sites (tertiary alicyclic amines) is 1. The van der Waals surface area contributed by atoms with Gasteiger partial charge < -0.3 is 0 Å². The molecule has 19 heavy (non-hydrogen) atoms. The number of piperidine rings is 1. The second-order valence-corrected chi connectivity index (χ2v) is 5.59. The summed E-state index contributed by atoms with van der Waals surface area (Å²) in [6.45, 7) is 5.23. The first-order valence-electron chi connectivity index (χ1n) is 6.66. The predicted octanol–water partition coefficient (Wildman–Crippen LogP) is 2.20. The second-order valence-electron chi connectivity index (χ2n) is 4.82. The van der Waals surface area contributed by atoms with E-state index in [0.717, 1.165) is 22.7 Å². The Balaban J connectivity index is 2.08. The molecule has 101 valence electrons. The molecule has 5 heteroatoms. The average Bonchev–Trinajstić information content (AvgIpc) is 2.46. The van der Waals surface area contributed by atoms with Crippen molar-refractivity contribution in [3.63, 3.8) is 0 Å². The van der Waals surface area contributed by atoms with Crippen molar-refractivity contribution >= 4 is 26.5 Å². The van der Waals surface area contributed by atoms with Crippen LogP contribution in [0.2, 0.25) is 0 Å². The Hall–Kier alpha value is -1.19. The van der Waals surface area contributed by atoms with E-state index in [-0.39, 0.29) is 0 Å². The van der Waals surface area contributed by atoms with Crippen LogP contribution in [-0.4, -0.2) is 48.9 Å². The molecule has 0 aliphatic carbocycles. The van der Waals surface area contributed by atoms with E-state index in [9.17, 15) is 0 Å². The standard InChI is InChI=1S/C14H19N4Se/c1-11-7-4-6-10-18(11)14(19)17-16-12(2)13-8-3-5-9-15-13/h3,5,8-9,11H,4,6-7,10H2,1-2H3/b16-12?,17-14-. The minimum absolute atomic E-state index is 0.541. The van der Waals surface area contributed by atoms with Crippen LogP contribution >= 0.6 is 0 Å². The van der Waals surface area contributed by atoms with Crippen LogP contribution in [0.1, 0.15) is 38.8 Å². The van der Waals surface area contributed by atoms with Crippen LogP contribution in [0, 0.1) is 0 Å². The van der Waals surface area contributed by atoms with Gasteiger partial charge in [0.15, 0.2) is 0 Å². The number of amidine groups is 1. The van der Waals surface area contributed by atoms with Crippen LogP contribution < -0.4 is 0 Å². The summed E-state index contributed by atoms with van der Waals surface area (Å²) in [5.41, 5.74) is 1.70. The monoisotopic (exact) mass is 323 g/mol. The fourth-order valence-corrected chi connectivity index (χ4v) is 2.84. The number of rotatable bonds is 2. The first-order chi connectivity index (χ1) is 9.18. The molecule has 1 aromatic heterocycles. The molecule has 0 aromatic carbocycles. The molecule has 1 fully saturated rings. The molecule has 1 atom stereocenters. The number of pyridine rings is 1. The zero-order valence-electron chi connectivity index (χ0n) is 11.4. The molecule has 1 saturated heterocycles. The summed E-state index contributed by atoms with van der Waals surface area (Å²) in [6, 6.07) is 6.33. The topological polar surface area (TPSA) is 40.9 Å². The van der Waals surface area contributed by atoms with Crippen molar-refractivity contribution in [3.8, 4) is 0 Å². The van der Waals surface area contributed by atoms with Gasteiger partial charge in [0, 0.05) is 0 Å². The summed E-state index contributed by atoms with van der Waals surface area (Å²) in [5.74, 6) is 0. The maximum atomic E-state index is 4.31. The fraction of sp³-hybridized carbons (Fsp3) is 0.500. The third kappa shape index (κ3) is 3.88. The van der Waals surface area contributed by atoms with Crippen molar-refractivity contribution in [2.24, 2.45) is 10.2 Å². The molecule has 0 spiro atoms. The Kier molecular flexibility index (Phi) is 5.11. The Morgan fingerprint density at radius 1 is 1.37 bits per heavy atom. The molecule has 4 nitrogen and oxygen atoms in total. The Bertz CT molecular complexity index is 470. The normalized spacial score (nSPS) is 21.6. The zero-order chi connectivity index (χ0) is 13.7. The zero-order valence-corrected chi connectivity index (χ0v) is 13.1. The fourth-order valence-electron chi connectivity index (χ4n) is 2.19. The van der Waals surface area contributed by atoms with Crippen molar-refractivity contribution in [1.82, 2.24) is 9.88 Å². The number of hydrogen-bond donors (Lipinski definition) is 0. The summed E-state index contributed by atoms with van der Waals surface area (Å²) in [7, 11) is 0. The van der Waals surface area contributed by atoms with Crippen molar-refractivity contribution in [3.05, 3.63) is 30.1 Å². The van der Waals surface area contributed by atoms with Crippen molar-refractivity contribution in [1.29, 1.82) is 0 Å². The molecule has 0 N–H and O–H groups in total. The van der Waals surface area contributed by atoms with Crippen molar-refractivity contribution < 1.29 is 0 Å². The summed E-state index contributed by atoms with van der Waals surface area (Å²) < 4.78 is 0.877. The predicted molar refractivity (Wildman–Crippen MR) is 79.7 cm³/mol. The molecule has 1 radical (unpaired) electrons. The van der Waals surface area contributed by atoms with Crippen LogP contribution in [-0.2, 0) is 0 Å². The Labute approximate surface area is 122 Å². The molecule has 0 bridgehead atoms. The summed E-state index contributed by atoms with van der Waals surface area (Å²) >= 11 is 3.03. The van der Waals surface area contributed by atoms with Crippen LogP contribution in [0.5, 0.6) is 0 Å². The first-order valence-corrected chi connectivity index (χ1v) is 7.51. The molecule has 1 unspecified atom stereocenters. The van der Waals surface area contributed by atoms with E-state index in [2.05, 4.69) is 43.0 Å². The van der Waals surface area contributed by atoms with Gasteiger partial charge in [0.05, 0.1) is 0 Å². The third-order valence-corrected chi connectivity index (χ3v) is 4.03. The van der Waals surface area contributed by atoms with Crippen LogP contribution in [0.3, 0.4) is 0 Å². The van der Waals surface area contributed by atoms with Crippen molar-refractivity contribution in [2.75, 3.05) is 6.54 Å². The van der Waals surface area contributed by atoms with Gasteiger partial charge in [0.1, 0.15) is 0 Å². The van der Waals surface area contributed by atoms with Crippen molar-refractivity contribution in [2.45, 2.75) is 39.2 Å². The van der Waals surface area contributed by atoms with Crippen LogP contribution in [0.4, 0.5) is 0 Å². The van der Waals surface area contributed by atoms with E-state index in [1.165, 1.54) is 19.3 Å². The van der Waals surface area contributed by atoms with Gasteiger partial charge in [-0.3, -0.25) is 0 Å². The van der Waals surface area contributed by atoms with E-state index in [0.29, 0.717) is 6.04 Å². The van der Waals surface area contributed by atoms with E-state index in [4.69, 9.17) is 0 Å². The van der Waals surface area contributed by atoms with Gasteiger partial charge >= 0.3 is 122 Å². The second kappa shape index (κ2) is 6.83. The SMILES string of the molecule is CC(=N/N=C(\[Se])N1CCCCC1C)c1ccccn1. The first kappa shape index (κ1) is 14.2.